The van der Waals surface area contributed by atoms with Gasteiger partial charge in [0.25, 0.3) is 0 Å². The van der Waals surface area contributed by atoms with Gasteiger partial charge in [-0.15, -0.1) is 0 Å². The Hall–Kier alpha value is -0.790. The van der Waals surface area contributed by atoms with Crippen molar-refractivity contribution >= 4 is 5.97 Å². The lowest BCUT2D eigenvalue weighted by molar-refractivity contribution is -0.143. The van der Waals surface area contributed by atoms with Crippen molar-refractivity contribution < 1.29 is 9.53 Å². The average Bonchev–Trinajstić information content (AvgIpc) is 2.02. The second-order valence-electron chi connectivity index (χ2n) is 4.74. The van der Waals surface area contributed by atoms with Gasteiger partial charge in [-0.3, -0.25) is 0 Å². The van der Waals surface area contributed by atoms with Gasteiger partial charge in [-0.25, -0.2) is 4.79 Å². The number of carbonyl (C=O) groups is 1. The molecular weight excluding hydrogens is 152 g/mol. The van der Waals surface area contributed by atoms with Crippen molar-refractivity contribution in [3.05, 3.63) is 11.6 Å². The van der Waals surface area contributed by atoms with Crippen LogP contribution in [0.5, 0.6) is 0 Å². The molecule has 1 aliphatic rings. The van der Waals surface area contributed by atoms with Gasteiger partial charge < -0.3 is 4.74 Å². The summed E-state index contributed by atoms with van der Waals surface area (Å²) in [5.74, 6) is -0.218. The van der Waals surface area contributed by atoms with Gasteiger partial charge in [0.15, 0.2) is 0 Å². The highest BCUT2D eigenvalue weighted by Crippen LogP contribution is 2.39. The van der Waals surface area contributed by atoms with Crippen molar-refractivity contribution in [3.63, 3.8) is 0 Å². The number of carbonyl (C=O) groups excluding carboxylic acids is 1. The van der Waals surface area contributed by atoms with Crippen LogP contribution < -0.4 is 0 Å². The van der Waals surface area contributed by atoms with Gasteiger partial charge in [-0.2, -0.15) is 0 Å². The van der Waals surface area contributed by atoms with Crippen LogP contribution in [0.3, 0.4) is 0 Å². The summed E-state index contributed by atoms with van der Waals surface area (Å²) in [6.45, 7) is 10.1. The van der Waals surface area contributed by atoms with Gasteiger partial charge in [0.05, 0.1) is 0 Å². The molecule has 0 spiro atoms. The molecule has 12 heavy (non-hydrogen) atoms. The molecule has 1 rings (SSSR count). The number of esters is 1. The van der Waals surface area contributed by atoms with Gasteiger partial charge in [-0.05, 0) is 24.8 Å². The fraction of sp³-hybridized carbons (Fsp3) is 0.700. The van der Waals surface area contributed by atoms with E-state index in [9.17, 15) is 4.79 Å². The lowest BCUT2D eigenvalue weighted by Gasteiger charge is -2.30. The Morgan fingerprint density at radius 2 is 1.83 bits per heavy atom. The standard InChI is InChI=1S/C10H16O2/c1-9(2,3)7-6-8(11)12-10(7,4)5/h6H,1-5H3. The molecular formula is C10H16O2. The molecule has 0 saturated heterocycles. The highest BCUT2D eigenvalue weighted by Gasteiger charge is 2.39. The van der Waals surface area contributed by atoms with Gasteiger partial charge in [-0.1, -0.05) is 20.8 Å². The summed E-state index contributed by atoms with van der Waals surface area (Å²) < 4.78 is 5.16. The Kier molecular flexibility index (Phi) is 1.82. The Balaban J connectivity index is 3.04. The van der Waals surface area contributed by atoms with Crippen LogP contribution in [-0.4, -0.2) is 11.6 Å². The van der Waals surface area contributed by atoms with Crippen molar-refractivity contribution in [2.75, 3.05) is 0 Å². The van der Waals surface area contributed by atoms with Gasteiger partial charge in [0.1, 0.15) is 5.60 Å². The second-order valence-corrected chi connectivity index (χ2v) is 4.74. The van der Waals surface area contributed by atoms with Crippen molar-refractivity contribution in [2.45, 2.75) is 40.2 Å². The molecule has 0 fully saturated rings. The van der Waals surface area contributed by atoms with Crippen molar-refractivity contribution in [1.82, 2.24) is 0 Å². The summed E-state index contributed by atoms with van der Waals surface area (Å²) in [5, 5.41) is 0. The molecule has 0 amide bonds. The summed E-state index contributed by atoms with van der Waals surface area (Å²) in [6.07, 6.45) is 1.61. The molecule has 1 aliphatic heterocycles. The molecule has 0 aromatic heterocycles. The molecule has 0 bridgehead atoms. The smallest absolute Gasteiger partial charge is 0.331 e. The first-order valence-corrected chi connectivity index (χ1v) is 4.19. The molecule has 1 heterocycles. The zero-order valence-electron chi connectivity index (χ0n) is 8.39. The van der Waals surface area contributed by atoms with Crippen LogP contribution in [0.4, 0.5) is 0 Å². The summed E-state index contributed by atoms with van der Waals surface area (Å²) in [5.41, 5.74) is 0.658. The van der Waals surface area contributed by atoms with E-state index in [2.05, 4.69) is 20.8 Å². The number of ether oxygens (including phenoxy) is 1. The first kappa shape index (κ1) is 9.30. The van der Waals surface area contributed by atoms with E-state index in [-0.39, 0.29) is 11.4 Å². The van der Waals surface area contributed by atoms with Gasteiger partial charge >= 0.3 is 5.97 Å². The van der Waals surface area contributed by atoms with Crippen molar-refractivity contribution in [1.29, 1.82) is 0 Å². The topological polar surface area (TPSA) is 26.3 Å². The summed E-state index contributed by atoms with van der Waals surface area (Å²) in [6, 6.07) is 0. The Bertz CT molecular complexity index is 241. The van der Waals surface area contributed by atoms with Crippen LogP contribution in [-0.2, 0) is 9.53 Å². The summed E-state index contributed by atoms with van der Waals surface area (Å²) >= 11 is 0. The van der Waals surface area contributed by atoms with Crippen LogP contribution in [0.15, 0.2) is 11.6 Å². The highest BCUT2D eigenvalue weighted by molar-refractivity contribution is 5.86. The minimum absolute atomic E-state index is 0.00958. The monoisotopic (exact) mass is 168 g/mol. The van der Waals surface area contributed by atoms with Crippen LogP contribution in [0.25, 0.3) is 0 Å². The number of cyclic esters (lactones) is 1. The third-order valence-corrected chi connectivity index (χ3v) is 2.07. The Morgan fingerprint density at radius 3 is 2.00 bits per heavy atom. The van der Waals surface area contributed by atoms with Crippen molar-refractivity contribution in [3.8, 4) is 0 Å². The molecule has 0 radical (unpaired) electrons. The second kappa shape index (κ2) is 2.35. The summed E-state index contributed by atoms with van der Waals surface area (Å²) in [4.78, 5) is 11.0. The molecule has 0 unspecified atom stereocenters. The van der Waals surface area contributed by atoms with Crippen molar-refractivity contribution in [2.24, 2.45) is 5.41 Å². The highest BCUT2D eigenvalue weighted by atomic mass is 16.6. The first-order chi connectivity index (χ1) is 5.23. The maximum absolute atomic E-state index is 11.0. The van der Waals surface area contributed by atoms with E-state index in [1.165, 1.54) is 0 Å². The molecule has 0 aromatic rings. The van der Waals surface area contributed by atoms with Crippen LogP contribution >= 0.6 is 0 Å². The van der Waals surface area contributed by atoms with E-state index < -0.39 is 5.60 Å². The van der Waals surface area contributed by atoms with Gasteiger partial charge in [0.2, 0.25) is 0 Å². The van der Waals surface area contributed by atoms with E-state index in [1.807, 2.05) is 13.8 Å². The maximum atomic E-state index is 11.0. The Morgan fingerprint density at radius 1 is 1.33 bits per heavy atom. The molecule has 0 atom stereocenters. The first-order valence-electron chi connectivity index (χ1n) is 4.19. The molecule has 68 valence electrons. The third kappa shape index (κ3) is 1.52. The molecule has 0 aromatic carbocycles. The predicted octanol–water partition coefficient (Wildman–Crippen LogP) is 2.29. The zero-order valence-corrected chi connectivity index (χ0v) is 8.39. The lowest BCUT2D eigenvalue weighted by Crippen LogP contribution is -2.30. The largest absolute Gasteiger partial charge is 0.452 e. The fourth-order valence-corrected chi connectivity index (χ4v) is 1.75. The van der Waals surface area contributed by atoms with E-state index in [0.29, 0.717) is 0 Å². The predicted molar refractivity (Wildman–Crippen MR) is 47.7 cm³/mol. The zero-order chi connectivity index (χ0) is 9.57. The van der Waals surface area contributed by atoms with E-state index in [1.54, 1.807) is 6.08 Å². The minimum Gasteiger partial charge on any atom is -0.452 e. The van der Waals surface area contributed by atoms with E-state index >= 15 is 0 Å². The molecule has 2 nitrogen and oxygen atoms in total. The molecule has 0 aliphatic carbocycles. The third-order valence-electron chi connectivity index (χ3n) is 2.07. The quantitative estimate of drug-likeness (QED) is 0.519. The van der Waals surface area contributed by atoms with Crippen LogP contribution in [0, 0.1) is 5.41 Å². The minimum atomic E-state index is -0.421. The SMILES string of the molecule is CC(C)(C)C1=CC(=O)OC1(C)C. The van der Waals surface area contributed by atoms with E-state index in [0.717, 1.165) is 5.57 Å². The molecule has 2 heteroatoms. The maximum Gasteiger partial charge on any atom is 0.331 e. The normalized spacial score (nSPS) is 22.1. The molecule has 0 saturated carbocycles. The van der Waals surface area contributed by atoms with Crippen LogP contribution in [0.2, 0.25) is 0 Å². The fourth-order valence-electron chi connectivity index (χ4n) is 1.75. The van der Waals surface area contributed by atoms with Gasteiger partial charge in [0, 0.05) is 6.08 Å². The average molecular weight is 168 g/mol. The Labute approximate surface area is 73.6 Å². The number of hydrogen-bond donors (Lipinski definition) is 0. The number of rotatable bonds is 0. The van der Waals surface area contributed by atoms with Crippen LogP contribution in [0.1, 0.15) is 34.6 Å². The van der Waals surface area contributed by atoms with E-state index in [4.69, 9.17) is 4.74 Å². The lowest BCUT2D eigenvalue weighted by atomic mass is 9.78. The summed E-state index contributed by atoms with van der Waals surface area (Å²) in [7, 11) is 0. The molecule has 0 N–H and O–H groups in total. The number of hydrogen-bond acceptors (Lipinski definition) is 2.